The number of carboxylic acid groups (broad SMARTS) is 1. The van der Waals surface area contributed by atoms with Crippen molar-refractivity contribution in [1.29, 1.82) is 0 Å². The molecule has 1 saturated heterocycles. The average Bonchev–Trinajstić information content (AvgIpc) is 2.28. The van der Waals surface area contributed by atoms with Crippen LogP contribution in [0.25, 0.3) is 0 Å². The second kappa shape index (κ2) is 2.93. The molecule has 1 aliphatic heterocycles. The molecule has 1 rings (SSSR count). The predicted molar refractivity (Wildman–Crippen MR) is 44.5 cm³/mol. The van der Waals surface area contributed by atoms with Crippen LogP contribution in [0.3, 0.4) is 0 Å². The largest absolute Gasteiger partial charge is 0.542 e. The number of aliphatic hydroxyl groups excluding tert-OH is 1. The average molecular weight is 202 g/mol. The molecule has 1 fully saturated rings. The highest BCUT2D eigenvalue weighted by atomic mass is 16.4. The number of carboxylic acids is 1. The van der Waals surface area contributed by atoms with Gasteiger partial charge < -0.3 is 19.5 Å². The predicted octanol–water partition coefficient (Wildman–Crippen LogP) is -2.98. The summed E-state index contributed by atoms with van der Waals surface area (Å²) < 4.78 is -0.0296. The highest BCUT2D eigenvalue weighted by Crippen LogP contribution is 2.26. The van der Waals surface area contributed by atoms with Crippen molar-refractivity contribution in [2.45, 2.75) is 18.2 Å². The summed E-state index contributed by atoms with van der Waals surface area (Å²) in [6.45, 7) is 0. The zero-order chi connectivity index (χ0) is 11.1. The first-order valence-corrected chi connectivity index (χ1v) is 4.24. The molecule has 0 spiro atoms. The molecular weight excluding hydrogens is 188 g/mol. The van der Waals surface area contributed by atoms with Crippen LogP contribution in [0.15, 0.2) is 0 Å². The van der Waals surface area contributed by atoms with Crippen molar-refractivity contribution in [2.75, 3.05) is 21.1 Å². The van der Waals surface area contributed by atoms with E-state index in [2.05, 4.69) is 5.32 Å². The van der Waals surface area contributed by atoms with E-state index in [9.17, 15) is 19.8 Å². The molecule has 0 saturated carbocycles. The van der Waals surface area contributed by atoms with Gasteiger partial charge in [0.15, 0.2) is 0 Å². The van der Waals surface area contributed by atoms with Gasteiger partial charge in [-0.15, -0.1) is 0 Å². The molecule has 0 aromatic carbocycles. The van der Waals surface area contributed by atoms with E-state index in [0.29, 0.717) is 0 Å². The van der Waals surface area contributed by atoms with Gasteiger partial charge in [0.05, 0.1) is 27.6 Å². The van der Waals surface area contributed by atoms with Gasteiger partial charge in [-0.05, 0) is 0 Å². The minimum atomic E-state index is -1.53. The number of hydrogen-bond donors (Lipinski definition) is 2. The van der Waals surface area contributed by atoms with Gasteiger partial charge in [-0.25, -0.2) is 0 Å². The molecule has 2 N–H and O–H groups in total. The first-order chi connectivity index (χ1) is 6.21. The van der Waals surface area contributed by atoms with Gasteiger partial charge in [-0.1, -0.05) is 0 Å². The fourth-order valence-corrected chi connectivity index (χ4v) is 1.56. The van der Waals surface area contributed by atoms with Crippen molar-refractivity contribution < 1.29 is 24.3 Å². The van der Waals surface area contributed by atoms with Gasteiger partial charge in [-0.3, -0.25) is 10.1 Å². The zero-order valence-electron chi connectivity index (χ0n) is 8.40. The van der Waals surface area contributed by atoms with Crippen molar-refractivity contribution in [2.24, 2.45) is 0 Å². The SMILES string of the molecule is C[N+](C)(C)[C@]1(C(=O)[O-])C[C@H](O)C(=O)N1. The second-order valence-corrected chi connectivity index (χ2v) is 4.37. The molecule has 0 bridgehead atoms. The quantitative estimate of drug-likeness (QED) is 0.468. The van der Waals surface area contributed by atoms with Crippen LogP contribution >= 0.6 is 0 Å². The van der Waals surface area contributed by atoms with E-state index >= 15 is 0 Å². The van der Waals surface area contributed by atoms with Crippen molar-refractivity contribution >= 4 is 11.9 Å². The van der Waals surface area contributed by atoms with E-state index in [0.717, 1.165) is 0 Å². The van der Waals surface area contributed by atoms with Crippen LogP contribution in [0.4, 0.5) is 0 Å². The van der Waals surface area contributed by atoms with E-state index in [4.69, 9.17) is 0 Å². The molecule has 0 radical (unpaired) electrons. The Balaban J connectivity index is 3.10. The Labute approximate surface area is 81.7 Å². The van der Waals surface area contributed by atoms with Crippen molar-refractivity contribution in [1.82, 2.24) is 5.32 Å². The molecule has 1 heterocycles. The Kier molecular flexibility index (Phi) is 2.29. The summed E-state index contributed by atoms with van der Waals surface area (Å²) >= 11 is 0. The number of rotatable bonds is 2. The number of carbonyl (C=O) groups excluding carboxylic acids is 2. The Hall–Kier alpha value is -1.14. The molecule has 14 heavy (non-hydrogen) atoms. The van der Waals surface area contributed by atoms with Gasteiger partial charge in [0.1, 0.15) is 12.1 Å². The summed E-state index contributed by atoms with van der Waals surface area (Å²) in [7, 11) is 4.86. The van der Waals surface area contributed by atoms with E-state index in [1.165, 1.54) is 0 Å². The third-order valence-corrected chi connectivity index (χ3v) is 2.60. The maximum absolute atomic E-state index is 11.1. The van der Waals surface area contributed by atoms with Gasteiger partial charge >= 0.3 is 0 Å². The number of carbonyl (C=O) groups is 2. The van der Waals surface area contributed by atoms with Gasteiger partial charge in [0.2, 0.25) is 5.66 Å². The minimum Gasteiger partial charge on any atom is -0.542 e. The molecule has 0 aliphatic carbocycles. The monoisotopic (exact) mass is 202 g/mol. The Morgan fingerprint density at radius 1 is 1.64 bits per heavy atom. The Morgan fingerprint density at radius 3 is 2.29 bits per heavy atom. The Bertz CT molecular complexity index is 284. The summed E-state index contributed by atoms with van der Waals surface area (Å²) in [4.78, 5) is 22.1. The van der Waals surface area contributed by atoms with Crippen LogP contribution in [0, 0.1) is 0 Å². The van der Waals surface area contributed by atoms with Crippen molar-refractivity contribution in [3.05, 3.63) is 0 Å². The summed E-state index contributed by atoms with van der Waals surface area (Å²) in [5.41, 5.74) is -1.53. The van der Waals surface area contributed by atoms with Crippen LogP contribution in [0.2, 0.25) is 0 Å². The molecule has 0 unspecified atom stereocenters. The lowest BCUT2D eigenvalue weighted by atomic mass is 10.0. The van der Waals surface area contributed by atoms with Crippen molar-refractivity contribution in [3.63, 3.8) is 0 Å². The number of aliphatic carboxylic acids is 1. The van der Waals surface area contributed by atoms with Crippen molar-refractivity contribution in [3.8, 4) is 0 Å². The normalized spacial score (nSPS) is 32.9. The molecule has 0 aromatic rings. The van der Waals surface area contributed by atoms with Crippen LogP contribution < -0.4 is 10.4 Å². The maximum Gasteiger partial charge on any atom is 0.254 e. The van der Waals surface area contributed by atoms with E-state index < -0.39 is 23.6 Å². The van der Waals surface area contributed by atoms with Crippen LogP contribution in [-0.2, 0) is 9.59 Å². The van der Waals surface area contributed by atoms with E-state index in [-0.39, 0.29) is 10.9 Å². The van der Waals surface area contributed by atoms with Gasteiger partial charge in [0.25, 0.3) is 5.91 Å². The van der Waals surface area contributed by atoms with Crippen LogP contribution in [0.5, 0.6) is 0 Å². The molecule has 0 aromatic heterocycles. The lowest BCUT2D eigenvalue weighted by Gasteiger charge is -2.43. The fourth-order valence-electron chi connectivity index (χ4n) is 1.56. The molecular formula is C8H14N2O4. The maximum atomic E-state index is 11.1. The third-order valence-electron chi connectivity index (χ3n) is 2.60. The molecule has 6 nitrogen and oxygen atoms in total. The number of nitrogens with zero attached hydrogens (tertiary/aromatic N) is 1. The smallest absolute Gasteiger partial charge is 0.254 e. The van der Waals surface area contributed by atoms with Gasteiger partial charge in [0, 0.05) is 0 Å². The number of amides is 1. The molecule has 80 valence electrons. The molecule has 1 aliphatic rings. The Morgan fingerprint density at radius 2 is 2.14 bits per heavy atom. The minimum absolute atomic E-state index is 0.0296. The summed E-state index contributed by atoms with van der Waals surface area (Å²) in [6.07, 6.45) is -1.44. The first-order valence-electron chi connectivity index (χ1n) is 4.24. The number of quaternary nitrogens is 1. The van der Waals surface area contributed by atoms with Crippen LogP contribution in [0.1, 0.15) is 6.42 Å². The fraction of sp³-hybridized carbons (Fsp3) is 0.750. The third kappa shape index (κ3) is 1.36. The number of aliphatic hydroxyl groups is 1. The lowest BCUT2D eigenvalue weighted by molar-refractivity contribution is -0.918. The topological polar surface area (TPSA) is 89.5 Å². The molecule has 6 heteroatoms. The zero-order valence-corrected chi connectivity index (χ0v) is 8.40. The van der Waals surface area contributed by atoms with E-state index in [1.807, 2.05) is 0 Å². The summed E-state index contributed by atoms with van der Waals surface area (Å²) in [5, 5.41) is 22.5. The molecule has 2 atom stereocenters. The number of likely N-dealkylation sites (N-methyl/N-ethyl adjacent to an activating group) is 1. The first kappa shape index (κ1) is 10.9. The highest BCUT2D eigenvalue weighted by Gasteiger charge is 2.54. The van der Waals surface area contributed by atoms with Crippen LogP contribution in [-0.4, -0.2) is 54.4 Å². The highest BCUT2D eigenvalue weighted by molar-refractivity contribution is 5.91. The number of hydrogen-bond acceptors (Lipinski definition) is 4. The number of nitrogens with one attached hydrogen (secondary N) is 1. The lowest BCUT2D eigenvalue weighted by Crippen LogP contribution is -2.71. The van der Waals surface area contributed by atoms with Gasteiger partial charge in [-0.2, -0.15) is 0 Å². The molecule has 1 amide bonds. The standard InChI is InChI=1S/C8H14N2O4/c1-10(2,3)8(7(13)14)4-5(11)6(12)9-8/h5,11H,4H2,1-3H3,(H-,9,12,13,14)/t5-,8-/m0/s1. The second-order valence-electron chi connectivity index (χ2n) is 4.37. The summed E-state index contributed by atoms with van der Waals surface area (Å²) in [6, 6.07) is 0. The summed E-state index contributed by atoms with van der Waals surface area (Å²) in [5.74, 6) is -2.04. The van der Waals surface area contributed by atoms with E-state index in [1.54, 1.807) is 21.1 Å².